The fourth-order valence-electron chi connectivity index (χ4n) is 2.70. The van der Waals surface area contributed by atoms with E-state index in [2.05, 4.69) is 0 Å². The van der Waals surface area contributed by atoms with E-state index in [9.17, 15) is 19.7 Å². The summed E-state index contributed by atoms with van der Waals surface area (Å²) < 4.78 is 5.25. The van der Waals surface area contributed by atoms with Crippen LogP contribution in [0.1, 0.15) is 11.1 Å². The van der Waals surface area contributed by atoms with E-state index < -0.39 is 16.7 Å². The highest BCUT2D eigenvalue weighted by molar-refractivity contribution is 6.60. The Labute approximate surface area is 153 Å². The van der Waals surface area contributed by atoms with E-state index in [1.165, 1.54) is 31.4 Å². The molecule has 0 aromatic heterocycles. The molecular weight excluding hydrogens is 360 g/mol. The molecule has 132 valence electrons. The van der Waals surface area contributed by atoms with Crippen LogP contribution in [0.25, 0.3) is 5.57 Å². The summed E-state index contributed by atoms with van der Waals surface area (Å²) in [5.41, 5.74) is 1.32. The molecule has 0 spiro atoms. The van der Waals surface area contributed by atoms with E-state index in [-0.39, 0.29) is 22.0 Å². The standard InChI is InChI=1S/C18H13ClN2O5/c1-10-3-8-14(26-2)13(9-10)20-17(22)15(16(19)18(20)23)11-4-6-12(7-5-11)21(24)25/h3-9H,1-2H3. The zero-order chi connectivity index (χ0) is 19.0. The van der Waals surface area contributed by atoms with Crippen molar-refractivity contribution in [1.29, 1.82) is 0 Å². The van der Waals surface area contributed by atoms with Gasteiger partial charge in [-0.05, 0) is 42.3 Å². The van der Waals surface area contributed by atoms with Gasteiger partial charge in [0.05, 0.1) is 23.3 Å². The maximum Gasteiger partial charge on any atom is 0.277 e. The molecule has 0 N–H and O–H groups in total. The van der Waals surface area contributed by atoms with Gasteiger partial charge >= 0.3 is 0 Å². The third-order valence-electron chi connectivity index (χ3n) is 3.97. The molecule has 1 aliphatic heterocycles. The second-order valence-electron chi connectivity index (χ2n) is 5.61. The average molecular weight is 373 g/mol. The van der Waals surface area contributed by atoms with E-state index in [1.54, 1.807) is 18.2 Å². The largest absolute Gasteiger partial charge is 0.495 e. The number of rotatable bonds is 4. The van der Waals surface area contributed by atoms with Crippen LogP contribution in [0.4, 0.5) is 11.4 Å². The highest BCUT2D eigenvalue weighted by Crippen LogP contribution is 2.39. The molecule has 0 radical (unpaired) electrons. The monoisotopic (exact) mass is 372 g/mol. The molecule has 8 heteroatoms. The maximum absolute atomic E-state index is 12.9. The third-order valence-corrected chi connectivity index (χ3v) is 4.32. The van der Waals surface area contributed by atoms with Gasteiger partial charge in [-0.1, -0.05) is 17.7 Å². The van der Waals surface area contributed by atoms with E-state index in [1.807, 2.05) is 6.92 Å². The van der Waals surface area contributed by atoms with E-state index >= 15 is 0 Å². The van der Waals surface area contributed by atoms with Gasteiger partial charge in [-0.3, -0.25) is 19.7 Å². The topological polar surface area (TPSA) is 89.8 Å². The Morgan fingerprint density at radius 1 is 1.08 bits per heavy atom. The molecule has 2 aromatic carbocycles. The summed E-state index contributed by atoms with van der Waals surface area (Å²) in [6.07, 6.45) is 0. The number of imide groups is 1. The lowest BCUT2D eigenvalue weighted by Gasteiger charge is -2.18. The number of nitro groups is 1. The second-order valence-corrected chi connectivity index (χ2v) is 5.99. The van der Waals surface area contributed by atoms with Crippen LogP contribution in [-0.4, -0.2) is 23.8 Å². The number of carbonyl (C=O) groups excluding carboxylic acids is 2. The van der Waals surface area contributed by atoms with Gasteiger partial charge in [0, 0.05) is 12.1 Å². The highest BCUT2D eigenvalue weighted by Gasteiger charge is 2.40. The molecule has 1 aliphatic rings. The van der Waals surface area contributed by atoms with Crippen molar-refractivity contribution in [3.05, 3.63) is 68.7 Å². The Balaban J connectivity index is 2.06. The lowest BCUT2D eigenvalue weighted by molar-refractivity contribution is -0.384. The molecule has 26 heavy (non-hydrogen) atoms. The van der Waals surface area contributed by atoms with Crippen molar-refractivity contribution in [2.24, 2.45) is 0 Å². The first-order valence-electron chi connectivity index (χ1n) is 7.53. The molecule has 0 fully saturated rings. The number of amides is 2. The average Bonchev–Trinajstić information content (AvgIpc) is 2.84. The minimum absolute atomic E-state index is 0.00451. The first kappa shape index (κ1) is 17.6. The molecule has 7 nitrogen and oxygen atoms in total. The lowest BCUT2D eigenvalue weighted by atomic mass is 10.1. The Morgan fingerprint density at radius 3 is 2.31 bits per heavy atom. The predicted octanol–water partition coefficient (Wildman–Crippen LogP) is 3.44. The van der Waals surface area contributed by atoms with E-state index in [0.29, 0.717) is 11.3 Å². The molecule has 0 aliphatic carbocycles. The summed E-state index contributed by atoms with van der Waals surface area (Å²) >= 11 is 6.13. The fourth-order valence-corrected chi connectivity index (χ4v) is 2.97. The number of non-ortho nitro benzene ring substituents is 1. The van der Waals surface area contributed by atoms with Gasteiger partial charge in [-0.15, -0.1) is 0 Å². The van der Waals surface area contributed by atoms with Crippen LogP contribution in [0, 0.1) is 17.0 Å². The zero-order valence-electron chi connectivity index (χ0n) is 13.9. The van der Waals surface area contributed by atoms with Gasteiger partial charge in [0.2, 0.25) is 0 Å². The number of aryl methyl sites for hydroxylation is 1. The Morgan fingerprint density at radius 2 is 1.73 bits per heavy atom. The quantitative estimate of drug-likeness (QED) is 0.466. The number of methoxy groups -OCH3 is 1. The smallest absolute Gasteiger partial charge is 0.277 e. The number of nitrogens with zero attached hydrogens (tertiary/aromatic N) is 2. The Bertz CT molecular complexity index is 966. The van der Waals surface area contributed by atoms with Crippen LogP contribution in [-0.2, 0) is 9.59 Å². The van der Waals surface area contributed by atoms with Crippen molar-refractivity contribution in [3.63, 3.8) is 0 Å². The summed E-state index contributed by atoms with van der Waals surface area (Å²) in [4.78, 5) is 36.7. The van der Waals surface area contributed by atoms with Gasteiger partial charge in [0.1, 0.15) is 10.8 Å². The number of hydrogen-bond donors (Lipinski definition) is 0. The van der Waals surface area contributed by atoms with E-state index in [0.717, 1.165) is 10.5 Å². The molecule has 0 atom stereocenters. The zero-order valence-corrected chi connectivity index (χ0v) is 14.6. The number of nitro benzene ring substituents is 1. The van der Waals surface area contributed by atoms with Crippen molar-refractivity contribution in [2.45, 2.75) is 6.92 Å². The molecule has 0 unspecified atom stereocenters. The van der Waals surface area contributed by atoms with Crippen LogP contribution < -0.4 is 9.64 Å². The summed E-state index contributed by atoms with van der Waals surface area (Å²) in [6, 6.07) is 10.4. The minimum Gasteiger partial charge on any atom is -0.495 e. The van der Waals surface area contributed by atoms with Crippen molar-refractivity contribution in [1.82, 2.24) is 0 Å². The van der Waals surface area contributed by atoms with Crippen molar-refractivity contribution in [2.75, 3.05) is 12.0 Å². The van der Waals surface area contributed by atoms with Crippen molar-refractivity contribution < 1.29 is 19.2 Å². The van der Waals surface area contributed by atoms with Crippen LogP contribution in [0.15, 0.2) is 47.5 Å². The number of carbonyl (C=O) groups is 2. The van der Waals surface area contributed by atoms with Crippen molar-refractivity contribution in [3.8, 4) is 5.75 Å². The van der Waals surface area contributed by atoms with E-state index in [4.69, 9.17) is 16.3 Å². The fraction of sp³-hybridized carbons (Fsp3) is 0.111. The Hall–Kier alpha value is -3.19. The number of ether oxygens (including phenoxy) is 1. The first-order valence-corrected chi connectivity index (χ1v) is 7.91. The summed E-state index contributed by atoms with van der Waals surface area (Å²) in [5.74, 6) is -0.932. The summed E-state index contributed by atoms with van der Waals surface area (Å²) in [5, 5.41) is 10.5. The van der Waals surface area contributed by atoms with Crippen LogP contribution in [0.5, 0.6) is 5.75 Å². The second kappa shape index (κ2) is 6.61. The summed E-state index contributed by atoms with van der Waals surface area (Å²) in [7, 11) is 1.44. The SMILES string of the molecule is COc1ccc(C)cc1N1C(=O)C(Cl)=C(c2ccc([N+](=O)[O-])cc2)C1=O. The molecule has 0 bridgehead atoms. The van der Waals surface area contributed by atoms with Gasteiger partial charge in [-0.25, -0.2) is 4.90 Å². The number of halogens is 1. The van der Waals surface area contributed by atoms with Crippen molar-refractivity contribution >= 4 is 40.4 Å². The molecular formula is C18H13ClN2O5. The predicted molar refractivity (Wildman–Crippen MR) is 96.1 cm³/mol. The van der Waals surface area contributed by atoms with Crippen LogP contribution in [0.3, 0.4) is 0 Å². The minimum atomic E-state index is -0.672. The normalized spacial score (nSPS) is 14.2. The Kier molecular flexibility index (Phi) is 4.48. The van der Waals surface area contributed by atoms with Crippen LogP contribution >= 0.6 is 11.6 Å². The third kappa shape index (κ3) is 2.82. The maximum atomic E-state index is 12.9. The molecule has 1 heterocycles. The molecule has 2 aromatic rings. The number of benzene rings is 2. The van der Waals surface area contributed by atoms with Gasteiger partial charge < -0.3 is 4.74 Å². The van der Waals surface area contributed by atoms with Crippen LogP contribution in [0.2, 0.25) is 0 Å². The van der Waals surface area contributed by atoms with Gasteiger partial charge in [0.25, 0.3) is 17.5 Å². The first-order chi connectivity index (χ1) is 12.3. The van der Waals surface area contributed by atoms with Gasteiger partial charge in [-0.2, -0.15) is 0 Å². The number of anilines is 1. The summed E-state index contributed by atoms with van der Waals surface area (Å²) in [6.45, 7) is 1.82. The van der Waals surface area contributed by atoms with Gasteiger partial charge in [0.15, 0.2) is 0 Å². The molecule has 2 amide bonds. The molecule has 3 rings (SSSR count). The lowest BCUT2D eigenvalue weighted by Crippen LogP contribution is -2.31. The molecule has 0 saturated carbocycles. The molecule has 0 saturated heterocycles. The number of hydrogen-bond acceptors (Lipinski definition) is 5. The highest BCUT2D eigenvalue weighted by atomic mass is 35.5.